The van der Waals surface area contributed by atoms with Crippen molar-refractivity contribution in [3.05, 3.63) is 52.5 Å². The summed E-state index contributed by atoms with van der Waals surface area (Å²) in [5, 5.41) is 9.38. The van der Waals surface area contributed by atoms with Gasteiger partial charge in [-0.1, -0.05) is 37.1 Å². The Kier molecular flexibility index (Phi) is 4.70. The summed E-state index contributed by atoms with van der Waals surface area (Å²) in [6, 6.07) is 10.3. The van der Waals surface area contributed by atoms with Gasteiger partial charge >= 0.3 is 5.97 Å². The van der Waals surface area contributed by atoms with Gasteiger partial charge in [0.05, 0.1) is 5.02 Å². The third kappa shape index (κ3) is 3.67. The lowest BCUT2D eigenvalue weighted by molar-refractivity contribution is 0.0694. The minimum Gasteiger partial charge on any atom is -0.478 e. The molecular formula is C16H16ClNO3. The number of ether oxygens (including phenoxy) is 1. The number of halogens is 1. The average Bonchev–Trinajstić information content (AvgIpc) is 2.43. The van der Waals surface area contributed by atoms with Crippen molar-refractivity contribution in [3.8, 4) is 11.5 Å². The van der Waals surface area contributed by atoms with E-state index in [1.807, 2.05) is 12.1 Å². The molecule has 0 heterocycles. The molecule has 0 aliphatic rings. The molecule has 0 unspecified atom stereocenters. The highest BCUT2D eigenvalue weighted by atomic mass is 35.5. The first-order valence-electron chi connectivity index (χ1n) is 6.60. The first kappa shape index (κ1) is 15.2. The van der Waals surface area contributed by atoms with Gasteiger partial charge in [-0.25, -0.2) is 4.79 Å². The minimum atomic E-state index is -1.14. The minimum absolute atomic E-state index is 0.0577. The van der Waals surface area contributed by atoms with Crippen molar-refractivity contribution in [1.29, 1.82) is 0 Å². The fourth-order valence-electron chi connectivity index (χ4n) is 2.01. The maximum absolute atomic E-state index is 11.3. The third-order valence-electron chi connectivity index (χ3n) is 2.98. The van der Waals surface area contributed by atoms with Crippen LogP contribution in [-0.4, -0.2) is 11.1 Å². The SMILES string of the molecule is CCCc1ccc(Oc2c(Cl)cc(N)cc2C(=O)O)cc1. The van der Waals surface area contributed by atoms with Crippen molar-refractivity contribution in [2.75, 3.05) is 5.73 Å². The Morgan fingerprint density at radius 2 is 1.95 bits per heavy atom. The topological polar surface area (TPSA) is 72.5 Å². The smallest absolute Gasteiger partial charge is 0.339 e. The predicted molar refractivity (Wildman–Crippen MR) is 83.3 cm³/mol. The number of nitrogen functional groups attached to an aromatic ring is 1. The number of benzene rings is 2. The number of hydrogen-bond donors (Lipinski definition) is 2. The molecule has 0 saturated heterocycles. The molecule has 0 bridgehead atoms. The fourth-order valence-corrected chi connectivity index (χ4v) is 2.27. The van der Waals surface area contributed by atoms with E-state index in [9.17, 15) is 9.90 Å². The number of carboxylic acid groups (broad SMARTS) is 1. The van der Waals surface area contributed by atoms with Gasteiger partial charge in [0.25, 0.3) is 0 Å². The number of anilines is 1. The van der Waals surface area contributed by atoms with E-state index in [1.54, 1.807) is 12.1 Å². The zero-order valence-electron chi connectivity index (χ0n) is 11.6. The van der Waals surface area contributed by atoms with Gasteiger partial charge in [-0.05, 0) is 36.2 Å². The predicted octanol–water partition coefficient (Wildman–Crippen LogP) is 4.37. The molecule has 2 rings (SSSR count). The van der Waals surface area contributed by atoms with E-state index in [4.69, 9.17) is 22.1 Å². The van der Waals surface area contributed by atoms with Crippen LogP contribution in [0.15, 0.2) is 36.4 Å². The second-order valence-corrected chi connectivity index (χ2v) is 5.09. The number of rotatable bonds is 5. The van der Waals surface area contributed by atoms with Crippen molar-refractivity contribution in [2.24, 2.45) is 0 Å². The van der Waals surface area contributed by atoms with Crippen LogP contribution in [0, 0.1) is 0 Å². The number of nitrogens with two attached hydrogens (primary N) is 1. The zero-order chi connectivity index (χ0) is 15.4. The first-order chi connectivity index (χ1) is 10.0. The summed E-state index contributed by atoms with van der Waals surface area (Å²) in [6.45, 7) is 2.11. The fraction of sp³-hybridized carbons (Fsp3) is 0.188. The quantitative estimate of drug-likeness (QED) is 0.805. The van der Waals surface area contributed by atoms with Crippen LogP contribution in [0.4, 0.5) is 5.69 Å². The number of aromatic carboxylic acids is 1. The van der Waals surface area contributed by atoms with Gasteiger partial charge in [-0.2, -0.15) is 0 Å². The Balaban J connectivity index is 2.32. The Morgan fingerprint density at radius 3 is 2.52 bits per heavy atom. The molecular weight excluding hydrogens is 290 g/mol. The monoisotopic (exact) mass is 305 g/mol. The molecule has 3 N–H and O–H groups in total. The Hall–Kier alpha value is -2.20. The summed E-state index contributed by atoms with van der Waals surface area (Å²) in [6.07, 6.45) is 2.05. The van der Waals surface area contributed by atoms with E-state index in [1.165, 1.54) is 17.7 Å². The molecule has 0 radical (unpaired) electrons. The van der Waals surface area contributed by atoms with Crippen molar-refractivity contribution in [2.45, 2.75) is 19.8 Å². The Bertz CT molecular complexity index is 653. The van der Waals surface area contributed by atoms with Crippen molar-refractivity contribution in [1.82, 2.24) is 0 Å². The largest absolute Gasteiger partial charge is 0.478 e. The van der Waals surface area contributed by atoms with Gasteiger partial charge < -0.3 is 15.6 Å². The number of carboxylic acids is 1. The molecule has 0 spiro atoms. The molecule has 21 heavy (non-hydrogen) atoms. The molecule has 0 saturated carbocycles. The van der Waals surface area contributed by atoms with Gasteiger partial charge in [0.2, 0.25) is 0 Å². The van der Waals surface area contributed by atoms with Crippen molar-refractivity contribution in [3.63, 3.8) is 0 Å². The Morgan fingerprint density at radius 1 is 1.29 bits per heavy atom. The highest BCUT2D eigenvalue weighted by molar-refractivity contribution is 6.33. The summed E-state index contributed by atoms with van der Waals surface area (Å²) in [5.74, 6) is -0.507. The van der Waals surface area contributed by atoms with Crippen LogP contribution in [0.5, 0.6) is 11.5 Å². The van der Waals surface area contributed by atoms with Gasteiger partial charge in [-0.15, -0.1) is 0 Å². The van der Waals surface area contributed by atoms with Crippen molar-refractivity contribution < 1.29 is 14.6 Å². The van der Waals surface area contributed by atoms with E-state index in [0.717, 1.165) is 12.8 Å². The van der Waals surface area contributed by atoms with Crippen LogP contribution in [-0.2, 0) is 6.42 Å². The molecule has 0 aromatic heterocycles. The van der Waals surface area contributed by atoms with Crippen LogP contribution in [0.1, 0.15) is 29.3 Å². The molecule has 2 aromatic carbocycles. The van der Waals surface area contributed by atoms with E-state index in [0.29, 0.717) is 5.75 Å². The van der Waals surface area contributed by atoms with Crippen LogP contribution in [0.2, 0.25) is 5.02 Å². The van der Waals surface area contributed by atoms with E-state index >= 15 is 0 Å². The third-order valence-corrected chi connectivity index (χ3v) is 3.26. The summed E-state index contributed by atoms with van der Waals surface area (Å²) in [7, 11) is 0. The molecule has 0 aliphatic carbocycles. The van der Waals surface area contributed by atoms with Crippen LogP contribution in [0.25, 0.3) is 0 Å². The van der Waals surface area contributed by atoms with Gasteiger partial charge in [0, 0.05) is 5.69 Å². The lowest BCUT2D eigenvalue weighted by atomic mass is 10.1. The maximum Gasteiger partial charge on any atom is 0.339 e. The summed E-state index contributed by atoms with van der Waals surface area (Å²) in [5.41, 5.74) is 7.03. The molecule has 110 valence electrons. The lowest BCUT2D eigenvalue weighted by Crippen LogP contribution is -2.02. The van der Waals surface area contributed by atoms with Gasteiger partial charge in [-0.3, -0.25) is 0 Å². The standard InChI is InChI=1S/C16H16ClNO3/c1-2-3-10-4-6-12(7-5-10)21-15-13(16(19)20)8-11(18)9-14(15)17/h4-9H,2-3,18H2,1H3,(H,19,20). The van der Waals surface area contributed by atoms with E-state index in [2.05, 4.69) is 6.92 Å². The lowest BCUT2D eigenvalue weighted by Gasteiger charge is -2.12. The van der Waals surface area contributed by atoms with Crippen molar-refractivity contribution >= 4 is 23.3 Å². The van der Waals surface area contributed by atoms with E-state index in [-0.39, 0.29) is 22.0 Å². The number of hydrogen-bond acceptors (Lipinski definition) is 3. The second-order valence-electron chi connectivity index (χ2n) is 4.68. The average molecular weight is 306 g/mol. The zero-order valence-corrected chi connectivity index (χ0v) is 12.4. The van der Waals surface area contributed by atoms with Gasteiger partial charge in [0.15, 0.2) is 5.75 Å². The summed E-state index contributed by atoms with van der Waals surface area (Å²) >= 11 is 6.04. The molecule has 2 aromatic rings. The molecule has 0 fully saturated rings. The van der Waals surface area contributed by atoms with Crippen LogP contribution < -0.4 is 10.5 Å². The molecule has 4 nitrogen and oxygen atoms in total. The number of carbonyl (C=O) groups is 1. The molecule has 0 atom stereocenters. The van der Waals surface area contributed by atoms with E-state index < -0.39 is 5.97 Å². The highest BCUT2D eigenvalue weighted by Crippen LogP contribution is 2.35. The molecule has 0 aliphatic heterocycles. The molecule has 5 heteroatoms. The second kappa shape index (κ2) is 6.50. The normalized spacial score (nSPS) is 10.4. The number of aryl methyl sites for hydroxylation is 1. The first-order valence-corrected chi connectivity index (χ1v) is 6.98. The summed E-state index contributed by atoms with van der Waals surface area (Å²) < 4.78 is 5.62. The summed E-state index contributed by atoms with van der Waals surface area (Å²) in [4.78, 5) is 11.3. The van der Waals surface area contributed by atoms with Gasteiger partial charge in [0.1, 0.15) is 11.3 Å². The maximum atomic E-state index is 11.3. The molecule has 0 amide bonds. The Labute approximate surface area is 128 Å². The van der Waals surface area contributed by atoms with Crippen LogP contribution in [0.3, 0.4) is 0 Å². The highest BCUT2D eigenvalue weighted by Gasteiger charge is 2.17. The van der Waals surface area contributed by atoms with Crippen LogP contribution >= 0.6 is 11.6 Å².